The summed E-state index contributed by atoms with van der Waals surface area (Å²) in [7, 11) is 1.23. The van der Waals surface area contributed by atoms with Crippen molar-refractivity contribution in [1.29, 1.82) is 0 Å². The van der Waals surface area contributed by atoms with E-state index in [0.717, 1.165) is 6.07 Å². The summed E-state index contributed by atoms with van der Waals surface area (Å²) in [6, 6.07) is 3.82. The number of imidazole rings is 1. The number of nitrogen functional groups attached to an aromatic ring is 1. The van der Waals surface area contributed by atoms with Crippen LogP contribution in [0.1, 0.15) is 10.5 Å². The number of anilines is 1. The third-order valence-corrected chi connectivity index (χ3v) is 2.66. The van der Waals surface area contributed by atoms with E-state index in [4.69, 9.17) is 17.3 Å². The molecule has 0 spiro atoms. The molecule has 0 radical (unpaired) electrons. The second-order valence-electron chi connectivity index (χ2n) is 3.44. The van der Waals surface area contributed by atoms with Crippen LogP contribution in [0.15, 0.2) is 24.5 Å². The van der Waals surface area contributed by atoms with E-state index in [1.54, 1.807) is 0 Å². The van der Waals surface area contributed by atoms with E-state index >= 15 is 0 Å². The quantitative estimate of drug-likeness (QED) is 0.847. The van der Waals surface area contributed by atoms with Crippen LogP contribution in [0.25, 0.3) is 5.69 Å². The van der Waals surface area contributed by atoms with Gasteiger partial charge in [0.1, 0.15) is 18.0 Å². The van der Waals surface area contributed by atoms with Crippen LogP contribution in [0.5, 0.6) is 0 Å². The lowest BCUT2D eigenvalue weighted by molar-refractivity contribution is 0.0596. The molecule has 0 bridgehead atoms. The van der Waals surface area contributed by atoms with Gasteiger partial charge in [-0.15, -0.1) is 0 Å². The Morgan fingerprint density at radius 3 is 2.89 bits per heavy atom. The van der Waals surface area contributed by atoms with Crippen molar-refractivity contribution in [2.45, 2.75) is 0 Å². The lowest BCUT2D eigenvalue weighted by atomic mass is 10.3. The molecule has 2 N–H and O–H groups in total. The van der Waals surface area contributed by atoms with Crippen molar-refractivity contribution in [3.63, 3.8) is 0 Å². The molecule has 5 nitrogen and oxygen atoms in total. The van der Waals surface area contributed by atoms with Gasteiger partial charge in [0.15, 0.2) is 5.69 Å². The van der Waals surface area contributed by atoms with Crippen molar-refractivity contribution < 1.29 is 13.9 Å². The minimum Gasteiger partial charge on any atom is -0.464 e. The molecule has 0 saturated carbocycles. The van der Waals surface area contributed by atoms with E-state index in [0.29, 0.717) is 5.69 Å². The molecule has 94 valence electrons. The second-order valence-corrected chi connectivity index (χ2v) is 3.84. The normalized spacial score (nSPS) is 10.4. The summed E-state index contributed by atoms with van der Waals surface area (Å²) < 4.78 is 18.8. The van der Waals surface area contributed by atoms with Gasteiger partial charge in [0.05, 0.1) is 17.8 Å². The van der Waals surface area contributed by atoms with Crippen LogP contribution < -0.4 is 5.73 Å². The summed E-state index contributed by atoms with van der Waals surface area (Å²) in [6.07, 6.45) is 1.32. The van der Waals surface area contributed by atoms with Crippen LogP contribution in [0.2, 0.25) is 5.02 Å². The summed E-state index contributed by atoms with van der Waals surface area (Å²) in [5, 5.41) is 0.163. The molecule has 0 aliphatic rings. The molecule has 1 aromatic carbocycles. The number of carbonyl (C=O) groups is 1. The summed E-state index contributed by atoms with van der Waals surface area (Å²) in [6.45, 7) is 0. The second kappa shape index (κ2) is 4.66. The molecule has 7 heteroatoms. The first kappa shape index (κ1) is 12.4. The molecular weight excluding hydrogens is 261 g/mol. The van der Waals surface area contributed by atoms with Crippen LogP contribution in [0, 0.1) is 5.82 Å². The number of nitrogens with zero attached hydrogens (tertiary/aromatic N) is 2. The van der Waals surface area contributed by atoms with Crippen LogP contribution in [0.4, 0.5) is 10.2 Å². The molecule has 0 amide bonds. The molecule has 0 atom stereocenters. The maximum atomic E-state index is 12.9. The summed E-state index contributed by atoms with van der Waals surface area (Å²) >= 11 is 5.90. The van der Waals surface area contributed by atoms with E-state index in [1.165, 1.54) is 30.1 Å². The average molecular weight is 270 g/mol. The Hall–Kier alpha value is -2.08. The number of rotatable bonds is 2. The third kappa shape index (κ3) is 2.02. The minimum atomic E-state index is -0.649. The Morgan fingerprint density at radius 1 is 1.56 bits per heavy atom. The van der Waals surface area contributed by atoms with Gasteiger partial charge in [-0.3, -0.25) is 4.57 Å². The fourth-order valence-corrected chi connectivity index (χ4v) is 1.74. The van der Waals surface area contributed by atoms with Gasteiger partial charge in [0.25, 0.3) is 0 Å². The molecule has 0 aliphatic heterocycles. The Kier molecular flexibility index (Phi) is 3.20. The number of methoxy groups -OCH3 is 1. The van der Waals surface area contributed by atoms with Gasteiger partial charge < -0.3 is 10.5 Å². The maximum Gasteiger partial charge on any atom is 0.360 e. The lowest BCUT2D eigenvalue weighted by Gasteiger charge is -2.07. The molecule has 2 aromatic rings. The van der Waals surface area contributed by atoms with E-state index in [9.17, 15) is 9.18 Å². The van der Waals surface area contributed by atoms with Gasteiger partial charge >= 0.3 is 5.97 Å². The van der Waals surface area contributed by atoms with Crippen molar-refractivity contribution in [1.82, 2.24) is 9.55 Å². The van der Waals surface area contributed by atoms with E-state index in [1.807, 2.05) is 0 Å². The Labute approximate surface area is 107 Å². The summed E-state index contributed by atoms with van der Waals surface area (Å²) in [5.41, 5.74) is 6.18. The van der Waals surface area contributed by atoms with Gasteiger partial charge in [-0.25, -0.2) is 14.2 Å². The number of hydrogen-bond acceptors (Lipinski definition) is 4. The third-order valence-electron chi connectivity index (χ3n) is 2.35. The average Bonchev–Trinajstić information content (AvgIpc) is 2.70. The predicted octanol–water partition coefficient (Wildman–Crippen LogP) is 2.03. The maximum absolute atomic E-state index is 12.9. The van der Waals surface area contributed by atoms with Crippen LogP contribution in [-0.2, 0) is 4.74 Å². The van der Waals surface area contributed by atoms with Crippen LogP contribution in [0.3, 0.4) is 0 Å². The van der Waals surface area contributed by atoms with Gasteiger partial charge in [-0.1, -0.05) is 11.6 Å². The number of aromatic nitrogens is 2. The molecular formula is C11H9ClFN3O2. The van der Waals surface area contributed by atoms with Gasteiger partial charge in [-0.05, 0) is 18.2 Å². The van der Waals surface area contributed by atoms with Gasteiger partial charge in [0.2, 0.25) is 0 Å². The van der Waals surface area contributed by atoms with Gasteiger partial charge in [0, 0.05) is 0 Å². The Morgan fingerprint density at radius 2 is 2.28 bits per heavy atom. The minimum absolute atomic E-state index is 0.0158. The predicted molar refractivity (Wildman–Crippen MR) is 64.3 cm³/mol. The molecule has 2 rings (SSSR count). The smallest absolute Gasteiger partial charge is 0.360 e. The highest BCUT2D eigenvalue weighted by Gasteiger charge is 2.18. The number of hydrogen-bond donors (Lipinski definition) is 1. The SMILES string of the molecule is COC(=O)c1ncn(-c2ccc(F)cc2Cl)c1N. The standard InChI is InChI=1S/C11H9ClFN3O2/c1-18-11(17)9-10(14)16(5-15-9)8-3-2-6(13)4-7(8)12/h2-5H,14H2,1H3. The number of nitrogens with two attached hydrogens (primary N) is 1. The molecule has 0 saturated heterocycles. The lowest BCUT2D eigenvalue weighted by Crippen LogP contribution is -2.07. The monoisotopic (exact) mass is 269 g/mol. The highest BCUT2D eigenvalue weighted by Crippen LogP contribution is 2.25. The Balaban J connectivity index is 2.52. The van der Waals surface area contributed by atoms with Gasteiger partial charge in [-0.2, -0.15) is 0 Å². The first-order chi connectivity index (χ1) is 8.54. The molecule has 0 aliphatic carbocycles. The van der Waals surface area contributed by atoms with Crippen LogP contribution in [-0.4, -0.2) is 22.6 Å². The first-order valence-corrected chi connectivity index (χ1v) is 5.29. The number of esters is 1. The highest BCUT2D eigenvalue weighted by molar-refractivity contribution is 6.32. The topological polar surface area (TPSA) is 70.1 Å². The fraction of sp³-hybridized carbons (Fsp3) is 0.0909. The number of benzene rings is 1. The van der Waals surface area contributed by atoms with E-state index < -0.39 is 11.8 Å². The zero-order chi connectivity index (χ0) is 13.3. The van der Waals surface area contributed by atoms with Crippen molar-refractivity contribution in [3.8, 4) is 5.69 Å². The molecule has 18 heavy (non-hydrogen) atoms. The van der Waals surface area contributed by atoms with E-state index in [2.05, 4.69) is 9.72 Å². The number of carbonyl (C=O) groups excluding carboxylic acids is 1. The summed E-state index contributed by atoms with van der Waals surface area (Å²) in [5.74, 6) is -1.03. The van der Waals surface area contributed by atoms with Crippen molar-refractivity contribution in [2.24, 2.45) is 0 Å². The first-order valence-electron chi connectivity index (χ1n) is 4.91. The zero-order valence-electron chi connectivity index (χ0n) is 9.35. The molecule has 0 unspecified atom stereocenters. The van der Waals surface area contributed by atoms with E-state index in [-0.39, 0.29) is 16.5 Å². The van der Waals surface area contributed by atoms with Crippen molar-refractivity contribution in [2.75, 3.05) is 12.8 Å². The Bertz CT molecular complexity index is 612. The van der Waals surface area contributed by atoms with Crippen LogP contribution >= 0.6 is 11.6 Å². The molecule has 1 heterocycles. The molecule has 1 aromatic heterocycles. The highest BCUT2D eigenvalue weighted by atomic mass is 35.5. The summed E-state index contributed by atoms with van der Waals surface area (Å²) in [4.78, 5) is 15.2. The number of ether oxygens (including phenoxy) is 1. The van der Waals surface area contributed by atoms with Crippen molar-refractivity contribution in [3.05, 3.63) is 41.1 Å². The fourth-order valence-electron chi connectivity index (χ4n) is 1.48. The number of halogens is 2. The van der Waals surface area contributed by atoms with Crippen molar-refractivity contribution >= 4 is 23.4 Å². The molecule has 0 fully saturated rings. The zero-order valence-corrected chi connectivity index (χ0v) is 10.1. The largest absolute Gasteiger partial charge is 0.464 e.